The smallest absolute Gasteiger partial charge is 0.159 e. The second-order valence-corrected chi connectivity index (χ2v) is 5.19. The van der Waals surface area contributed by atoms with Gasteiger partial charge in [-0.25, -0.2) is 0 Å². The van der Waals surface area contributed by atoms with Gasteiger partial charge in [0.25, 0.3) is 0 Å². The number of nitrogens with one attached hydrogen (secondary N) is 1. The number of carbonyl (C=O) groups excluding carboxylic acids is 1. The lowest BCUT2D eigenvalue weighted by atomic mass is 10.1. The third kappa shape index (κ3) is 4.41. The summed E-state index contributed by atoms with van der Waals surface area (Å²) in [6.45, 7) is 5.28. The zero-order valence-corrected chi connectivity index (χ0v) is 13.4. The highest BCUT2D eigenvalue weighted by atomic mass is 16.5. The van der Waals surface area contributed by atoms with Crippen LogP contribution in [0.25, 0.3) is 0 Å². The Balaban J connectivity index is 2.19. The molecule has 0 saturated carbocycles. The molecule has 1 N–H and O–H groups in total. The second kappa shape index (κ2) is 8.11. The summed E-state index contributed by atoms with van der Waals surface area (Å²) in [5.74, 6) is -0.0192. The van der Waals surface area contributed by atoms with Crippen molar-refractivity contribution in [3.63, 3.8) is 0 Å². The Hall–Kier alpha value is -2.64. The minimum Gasteiger partial charge on any atom is -0.380 e. The Kier molecular flexibility index (Phi) is 5.90. The van der Waals surface area contributed by atoms with Gasteiger partial charge in [0, 0.05) is 18.7 Å². The number of anilines is 1. The quantitative estimate of drug-likeness (QED) is 0.788. The molecular weight excluding hydrogens is 288 g/mol. The lowest BCUT2D eigenvalue weighted by molar-refractivity contribution is 0.101. The largest absolute Gasteiger partial charge is 0.380 e. The first-order chi connectivity index (χ1) is 11.2. The molecule has 0 atom stereocenters. The van der Waals surface area contributed by atoms with Gasteiger partial charge in [0.05, 0.1) is 17.9 Å². The molecule has 4 heteroatoms. The van der Waals surface area contributed by atoms with Crippen LogP contribution in [0.2, 0.25) is 0 Å². The number of ketones is 1. The zero-order chi connectivity index (χ0) is 16.7. The van der Waals surface area contributed by atoms with Crippen molar-refractivity contribution in [3.05, 3.63) is 64.7 Å². The summed E-state index contributed by atoms with van der Waals surface area (Å²) >= 11 is 0. The fourth-order valence-electron chi connectivity index (χ4n) is 2.28. The molecule has 0 aliphatic rings. The molecule has 0 aromatic heterocycles. The molecule has 0 amide bonds. The third-order valence-corrected chi connectivity index (χ3v) is 3.60. The van der Waals surface area contributed by atoms with Gasteiger partial charge in [-0.05, 0) is 43.2 Å². The van der Waals surface area contributed by atoms with Gasteiger partial charge in [-0.2, -0.15) is 5.26 Å². The van der Waals surface area contributed by atoms with Crippen LogP contribution < -0.4 is 5.32 Å². The number of rotatable bonds is 7. The molecule has 0 bridgehead atoms. The fraction of sp³-hybridized carbons (Fsp3) is 0.263. The minimum atomic E-state index is -0.0192. The van der Waals surface area contributed by atoms with Crippen molar-refractivity contribution in [2.24, 2.45) is 0 Å². The van der Waals surface area contributed by atoms with Crippen LogP contribution in [0.1, 0.15) is 40.9 Å². The summed E-state index contributed by atoms with van der Waals surface area (Å²) in [5.41, 5.74) is 4.01. The Morgan fingerprint density at radius 1 is 1.22 bits per heavy atom. The summed E-state index contributed by atoms with van der Waals surface area (Å²) in [4.78, 5) is 11.5. The van der Waals surface area contributed by atoms with E-state index in [1.807, 2.05) is 31.2 Å². The van der Waals surface area contributed by atoms with Crippen LogP contribution in [-0.4, -0.2) is 12.4 Å². The van der Waals surface area contributed by atoms with Crippen LogP contribution in [0, 0.1) is 11.3 Å². The average Bonchev–Trinajstić information content (AvgIpc) is 2.58. The van der Waals surface area contributed by atoms with Crippen LogP contribution in [-0.2, 0) is 17.9 Å². The number of nitrogens with zero attached hydrogens (tertiary/aromatic N) is 1. The molecule has 0 spiro atoms. The van der Waals surface area contributed by atoms with Gasteiger partial charge in [-0.1, -0.05) is 24.3 Å². The molecule has 0 aliphatic carbocycles. The van der Waals surface area contributed by atoms with Gasteiger partial charge in [0.2, 0.25) is 0 Å². The fourth-order valence-corrected chi connectivity index (χ4v) is 2.28. The predicted octanol–water partition coefficient (Wildman–Crippen LogP) is 3.91. The van der Waals surface area contributed by atoms with E-state index in [1.54, 1.807) is 18.2 Å². The minimum absolute atomic E-state index is 0.0192. The van der Waals surface area contributed by atoms with Gasteiger partial charge < -0.3 is 10.1 Å². The Labute approximate surface area is 136 Å². The molecule has 0 unspecified atom stereocenters. The van der Waals surface area contributed by atoms with E-state index in [4.69, 9.17) is 4.74 Å². The molecule has 4 nitrogen and oxygen atoms in total. The standard InChI is InChI=1S/C19H20N2O2/c1-3-23-13-18-7-5-4-6-17(18)12-21-19-10-15(14(2)22)8-9-16(19)11-20/h4-10,21H,3,12-13H2,1-2H3. The normalized spacial score (nSPS) is 10.1. The van der Waals surface area contributed by atoms with Crippen molar-refractivity contribution in [2.75, 3.05) is 11.9 Å². The maximum Gasteiger partial charge on any atom is 0.159 e. The van der Waals surface area contributed by atoms with E-state index < -0.39 is 0 Å². The molecule has 2 rings (SSSR count). The first-order valence-corrected chi connectivity index (χ1v) is 7.59. The zero-order valence-electron chi connectivity index (χ0n) is 13.4. The van der Waals surface area contributed by atoms with Crippen molar-refractivity contribution in [1.29, 1.82) is 5.26 Å². The highest BCUT2D eigenvalue weighted by Gasteiger charge is 2.08. The summed E-state index contributed by atoms with van der Waals surface area (Å²) in [6.07, 6.45) is 0. The topological polar surface area (TPSA) is 62.1 Å². The second-order valence-electron chi connectivity index (χ2n) is 5.19. The monoisotopic (exact) mass is 308 g/mol. The highest BCUT2D eigenvalue weighted by Crippen LogP contribution is 2.20. The SMILES string of the molecule is CCOCc1ccccc1CNc1cc(C(C)=O)ccc1C#N. The number of benzene rings is 2. The molecule has 0 fully saturated rings. The van der Waals surface area contributed by atoms with Crippen molar-refractivity contribution >= 4 is 11.5 Å². The van der Waals surface area contributed by atoms with Crippen LogP contribution in [0.5, 0.6) is 0 Å². The van der Waals surface area contributed by atoms with Crippen LogP contribution >= 0.6 is 0 Å². The summed E-state index contributed by atoms with van der Waals surface area (Å²) in [6, 6.07) is 15.2. The van der Waals surface area contributed by atoms with Crippen molar-refractivity contribution in [2.45, 2.75) is 27.0 Å². The van der Waals surface area contributed by atoms with Gasteiger partial charge in [0.1, 0.15) is 6.07 Å². The van der Waals surface area contributed by atoms with Crippen LogP contribution in [0.15, 0.2) is 42.5 Å². The predicted molar refractivity (Wildman–Crippen MR) is 90.3 cm³/mol. The highest BCUT2D eigenvalue weighted by molar-refractivity contribution is 5.95. The number of hydrogen-bond donors (Lipinski definition) is 1. The van der Waals surface area contributed by atoms with E-state index in [0.29, 0.717) is 36.6 Å². The average molecular weight is 308 g/mol. The summed E-state index contributed by atoms with van der Waals surface area (Å²) in [5, 5.41) is 12.5. The van der Waals surface area contributed by atoms with Gasteiger partial charge in [-0.3, -0.25) is 4.79 Å². The number of nitriles is 1. The van der Waals surface area contributed by atoms with Gasteiger partial charge in [-0.15, -0.1) is 0 Å². The van der Waals surface area contributed by atoms with E-state index in [-0.39, 0.29) is 5.78 Å². The van der Waals surface area contributed by atoms with Crippen LogP contribution in [0.4, 0.5) is 5.69 Å². The first-order valence-electron chi connectivity index (χ1n) is 7.59. The Morgan fingerprint density at radius 2 is 1.96 bits per heavy atom. The molecule has 0 aliphatic heterocycles. The van der Waals surface area contributed by atoms with E-state index >= 15 is 0 Å². The van der Waals surface area contributed by atoms with E-state index in [0.717, 1.165) is 11.1 Å². The van der Waals surface area contributed by atoms with Gasteiger partial charge >= 0.3 is 0 Å². The van der Waals surface area contributed by atoms with Crippen LogP contribution in [0.3, 0.4) is 0 Å². The van der Waals surface area contributed by atoms with E-state index in [9.17, 15) is 10.1 Å². The summed E-state index contributed by atoms with van der Waals surface area (Å²) in [7, 11) is 0. The Morgan fingerprint density at radius 3 is 2.61 bits per heavy atom. The molecule has 0 radical (unpaired) electrons. The van der Waals surface area contributed by atoms with Crippen molar-refractivity contribution < 1.29 is 9.53 Å². The number of ether oxygens (including phenoxy) is 1. The molecular formula is C19H20N2O2. The molecule has 2 aromatic rings. The maximum atomic E-state index is 11.5. The molecule has 0 heterocycles. The molecule has 0 saturated heterocycles. The molecule has 118 valence electrons. The van der Waals surface area contributed by atoms with Gasteiger partial charge in [0.15, 0.2) is 5.78 Å². The number of Topliss-reactive ketones (excluding diaryl/α,β-unsaturated/α-hetero) is 1. The number of hydrogen-bond acceptors (Lipinski definition) is 4. The molecule has 2 aromatic carbocycles. The first kappa shape index (κ1) is 16.7. The lowest BCUT2D eigenvalue weighted by Crippen LogP contribution is -2.06. The lowest BCUT2D eigenvalue weighted by Gasteiger charge is -2.13. The maximum absolute atomic E-state index is 11.5. The summed E-state index contributed by atoms with van der Waals surface area (Å²) < 4.78 is 5.48. The molecule has 23 heavy (non-hydrogen) atoms. The Bertz CT molecular complexity index is 732. The van der Waals surface area contributed by atoms with Crippen molar-refractivity contribution in [1.82, 2.24) is 0 Å². The van der Waals surface area contributed by atoms with E-state index in [2.05, 4.69) is 11.4 Å². The number of carbonyl (C=O) groups is 1. The van der Waals surface area contributed by atoms with E-state index in [1.165, 1.54) is 6.92 Å². The third-order valence-electron chi connectivity index (χ3n) is 3.60. The van der Waals surface area contributed by atoms with Crippen molar-refractivity contribution in [3.8, 4) is 6.07 Å².